The number of hydrogen-bond donors (Lipinski definition) is 0. The third kappa shape index (κ3) is 5.11. The lowest BCUT2D eigenvalue weighted by Crippen LogP contribution is -2.49. The zero-order valence-corrected chi connectivity index (χ0v) is 22.2. The van der Waals surface area contributed by atoms with Crippen LogP contribution in [0.4, 0.5) is 5.82 Å². The van der Waals surface area contributed by atoms with Crippen LogP contribution in [0.2, 0.25) is 0 Å². The summed E-state index contributed by atoms with van der Waals surface area (Å²) in [5.74, 6) is 1.06. The molecular formula is C29H28N10O. The molecule has 0 aromatic carbocycles. The van der Waals surface area contributed by atoms with E-state index in [1.807, 2.05) is 48.9 Å². The van der Waals surface area contributed by atoms with Crippen LogP contribution in [0.1, 0.15) is 24.0 Å². The molecule has 0 N–H and O–H groups in total. The molecule has 1 fully saturated rings. The summed E-state index contributed by atoms with van der Waals surface area (Å²) in [6, 6.07) is 8.35. The van der Waals surface area contributed by atoms with Gasteiger partial charge in [-0.25, -0.2) is 19.5 Å². The van der Waals surface area contributed by atoms with Crippen molar-refractivity contribution in [2.75, 3.05) is 31.1 Å². The third-order valence-corrected chi connectivity index (χ3v) is 7.26. The normalized spacial score (nSPS) is 13.5. The Morgan fingerprint density at radius 3 is 2.48 bits per heavy atom. The Hall–Kier alpha value is -5.11. The second kappa shape index (κ2) is 10.9. The molecule has 0 bridgehead atoms. The topological polar surface area (TPSA) is 121 Å². The van der Waals surface area contributed by atoms with Gasteiger partial charge in [0.25, 0.3) is 0 Å². The first-order valence-electron chi connectivity index (χ1n) is 13.2. The van der Waals surface area contributed by atoms with E-state index >= 15 is 0 Å². The van der Waals surface area contributed by atoms with Crippen molar-refractivity contribution >= 4 is 17.2 Å². The van der Waals surface area contributed by atoms with Gasteiger partial charge in [0.05, 0.1) is 23.5 Å². The molecule has 0 saturated carbocycles. The van der Waals surface area contributed by atoms with Crippen molar-refractivity contribution in [2.45, 2.75) is 19.3 Å². The molecule has 0 atom stereocenters. The molecule has 1 saturated heterocycles. The van der Waals surface area contributed by atoms with Crippen molar-refractivity contribution in [3.63, 3.8) is 0 Å². The fraction of sp³-hybridized carbons (Fsp3) is 0.276. The third-order valence-electron chi connectivity index (χ3n) is 7.26. The molecule has 0 unspecified atom stereocenters. The SMILES string of the molecule is Cn1cc(-c2cc(-c3ccc(N4CCN(C(=O)CCCc5cncnc5)CC4)nc3)c3c(C#N)cnn3c2)cn1. The van der Waals surface area contributed by atoms with Crippen LogP contribution in [0.3, 0.4) is 0 Å². The Labute approximate surface area is 231 Å². The van der Waals surface area contributed by atoms with E-state index in [0.29, 0.717) is 25.1 Å². The number of nitriles is 1. The van der Waals surface area contributed by atoms with Crippen molar-refractivity contribution < 1.29 is 4.79 Å². The van der Waals surface area contributed by atoms with E-state index in [1.165, 1.54) is 6.33 Å². The standard InChI is InChI=1S/C29H28N10O/c1-36-18-25(17-34-36)23-11-26(29-24(12-30)16-35-39(29)19-23)22-5-6-27(33-15-22)37-7-9-38(10-8-37)28(40)4-2-3-21-13-31-20-32-14-21/h5-6,11,13-20H,2-4,7-10H2,1H3. The van der Waals surface area contributed by atoms with Crippen LogP contribution in [0.25, 0.3) is 27.8 Å². The minimum Gasteiger partial charge on any atom is -0.353 e. The Balaban J connectivity index is 1.14. The zero-order chi connectivity index (χ0) is 27.5. The minimum atomic E-state index is 0.187. The summed E-state index contributed by atoms with van der Waals surface area (Å²) >= 11 is 0. The zero-order valence-electron chi connectivity index (χ0n) is 22.2. The molecule has 6 rings (SSSR count). The number of piperazine rings is 1. The molecule has 5 aromatic rings. The number of anilines is 1. The molecule has 0 radical (unpaired) electrons. The smallest absolute Gasteiger partial charge is 0.222 e. The molecule has 0 spiro atoms. The van der Waals surface area contributed by atoms with E-state index < -0.39 is 0 Å². The number of nitrogens with zero attached hydrogens (tertiary/aromatic N) is 10. The van der Waals surface area contributed by atoms with Crippen LogP contribution in [0.5, 0.6) is 0 Å². The highest BCUT2D eigenvalue weighted by Crippen LogP contribution is 2.32. The molecule has 11 nitrogen and oxygen atoms in total. The monoisotopic (exact) mass is 532 g/mol. The van der Waals surface area contributed by atoms with E-state index in [2.05, 4.69) is 37.2 Å². The van der Waals surface area contributed by atoms with Crippen molar-refractivity contribution in [1.29, 1.82) is 5.26 Å². The first-order valence-corrected chi connectivity index (χ1v) is 13.2. The predicted molar refractivity (Wildman–Crippen MR) is 149 cm³/mol. The van der Waals surface area contributed by atoms with Crippen molar-refractivity contribution in [1.82, 2.24) is 39.2 Å². The number of aromatic nitrogens is 7. The molecular weight excluding hydrogens is 504 g/mol. The van der Waals surface area contributed by atoms with E-state index in [-0.39, 0.29) is 5.91 Å². The highest BCUT2D eigenvalue weighted by molar-refractivity contribution is 5.87. The minimum absolute atomic E-state index is 0.187. The first-order chi connectivity index (χ1) is 19.6. The summed E-state index contributed by atoms with van der Waals surface area (Å²) in [5.41, 5.74) is 6.00. The molecule has 1 amide bonds. The summed E-state index contributed by atoms with van der Waals surface area (Å²) in [5, 5.41) is 18.4. The van der Waals surface area contributed by atoms with Gasteiger partial charge in [0.2, 0.25) is 5.91 Å². The molecule has 1 aliphatic heterocycles. The average molecular weight is 533 g/mol. The van der Waals surface area contributed by atoms with Crippen molar-refractivity contribution in [3.05, 3.63) is 79.0 Å². The number of rotatable bonds is 7. The molecule has 6 heterocycles. The van der Waals surface area contributed by atoms with Gasteiger partial charge in [0.1, 0.15) is 18.2 Å². The highest BCUT2D eigenvalue weighted by Gasteiger charge is 2.22. The lowest BCUT2D eigenvalue weighted by Gasteiger charge is -2.35. The van der Waals surface area contributed by atoms with Gasteiger partial charge < -0.3 is 9.80 Å². The number of fused-ring (bicyclic) bond motifs is 1. The Morgan fingerprint density at radius 2 is 1.77 bits per heavy atom. The van der Waals surface area contributed by atoms with Gasteiger partial charge in [-0.1, -0.05) is 0 Å². The highest BCUT2D eigenvalue weighted by atomic mass is 16.2. The average Bonchev–Trinajstić information content (AvgIpc) is 3.63. The van der Waals surface area contributed by atoms with Gasteiger partial charge >= 0.3 is 0 Å². The van der Waals surface area contributed by atoms with Crippen molar-refractivity contribution in [2.24, 2.45) is 7.05 Å². The molecule has 0 aliphatic carbocycles. The van der Waals surface area contributed by atoms with Gasteiger partial charge in [0.15, 0.2) is 0 Å². The number of hydrogen-bond acceptors (Lipinski definition) is 8. The summed E-state index contributed by atoms with van der Waals surface area (Å²) in [6.45, 7) is 2.80. The van der Waals surface area contributed by atoms with Gasteiger partial charge in [0, 0.05) is 92.9 Å². The van der Waals surface area contributed by atoms with Crippen LogP contribution in [-0.2, 0) is 18.3 Å². The largest absolute Gasteiger partial charge is 0.353 e. The lowest BCUT2D eigenvalue weighted by atomic mass is 10.0. The van der Waals surface area contributed by atoms with E-state index in [0.717, 1.165) is 65.1 Å². The fourth-order valence-electron chi connectivity index (χ4n) is 5.13. The second-order valence-electron chi connectivity index (χ2n) is 9.88. The van der Waals surface area contributed by atoms with Gasteiger partial charge in [-0.15, -0.1) is 0 Å². The number of carbonyl (C=O) groups is 1. The molecule has 5 aromatic heterocycles. The maximum atomic E-state index is 12.7. The molecule has 11 heteroatoms. The second-order valence-corrected chi connectivity index (χ2v) is 9.88. The summed E-state index contributed by atoms with van der Waals surface area (Å²) < 4.78 is 3.50. The van der Waals surface area contributed by atoms with Gasteiger partial charge in [-0.05, 0) is 36.6 Å². The number of aryl methyl sites for hydroxylation is 2. The Morgan fingerprint density at radius 1 is 0.950 bits per heavy atom. The van der Waals surface area contributed by atoms with Crippen LogP contribution in [0.15, 0.2) is 67.9 Å². The van der Waals surface area contributed by atoms with Crippen LogP contribution < -0.4 is 4.90 Å². The predicted octanol–water partition coefficient (Wildman–Crippen LogP) is 3.13. The first kappa shape index (κ1) is 25.2. The molecule has 1 aliphatic rings. The van der Waals surface area contributed by atoms with Crippen LogP contribution >= 0.6 is 0 Å². The van der Waals surface area contributed by atoms with Crippen LogP contribution in [-0.4, -0.2) is 71.3 Å². The lowest BCUT2D eigenvalue weighted by molar-refractivity contribution is -0.131. The summed E-state index contributed by atoms with van der Waals surface area (Å²) in [6.07, 6.45) is 16.3. The van der Waals surface area contributed by atoms with Gasteiger partial charge in [-0.2, -0.15) is 15.5 Å². The quantitative estimate of drug-likeness (QED) is 0.313. The fourth-order valence-corrected chi connectivity index (χ4v) is 5.13. The molecule has 40 heavy (non-hydrogen) atoms. The Bertz CT molecular complexity index is 1680. The maximum Gasteiger partial charge on any atom is 0.222 e. The number of carbonyl (C=O) groups excluding carboxylic acids is 1. The van der Waals surface area contributed by atoms with E-state index in [1.54, 1.807) is 27.8 Å². The summed E-state index contributed by atoms with van der Waals surface area (Å²) in [4.78, 5) is 29.7. The number of pyridine rings is 2. The van der Waals surface area contributed by atoms with E-state index in [9.17, 15) is 10.1 Å². The van der Waals surface area contributed by atoms with Gasteiger partial charge in [-0.3, -0.25) is 9.48 Å². The Kier molecular flexibility index (Phi) is 6.89. The number of amides is 1. The molecule has 200 valence electrons. The van der Waals surface area contributed by atoms with Crippen LogP contribution in [0, 0.1) is 11.3 Å². The van der Waals surface area contributed by atoms with Crippen molar-refractivity contribution in [3.8, 4) is 28.3 Å². The van der Waals surface area contributed by atoms with E-state index in [4.69, 9.17) is 4.98 Å². The maximum absolute atomic E-state index is 12.7. The summed E-state index contributed by atoms with van der Waals surface area (Å²) in [7, 11) is 1.88.